The molecule has 3 aromatic heterocycles. The number of alkyl halides is 3. The molecule has 0 aliphatic carbocycles. The summed E-state index contributed by atoms with van der Waals surface area (Å²) < 4.78 is 39.1. The number of halogens is 3. The Morgan fingerprint density at radius 1 is 1.12 bits per heavy atom. The maximum Gasteiger partial charge on any atom is 0.390 e. The van der Waals surface area contributed by atoms with Gasteiger partial charge >= 0.3 is 6.18 Å². The number of carbonyl (C=O) groups excluding carboxylic acids is 1. The Morgan fingerprint density at radius 3 is 2.53 bits per heavy atom. The molecule has 4 heterocycles. The molecule has 1 aliphatic heterocycles. The van der Waals surface area contributed by atoms with Gasteiger partial charge in [-0.25, -0.2) is 0 Å². The van der Waals surface area contributed by atoms with E-state index < -0.39 is 12.6 Å². The molecule has 0 unspecified atom stereocenters. The average Bonchev–Trinajstić information content (AvgIpc) is 3.10. The summed E-state index contributed by atoms with van der Waals surface area (Å²) in [5.41, 5.74) is 2.22. The second-order valence-electron chi connectivity index (χ2n) is 8.35. The van der Waals surface area contributed by atoms with Crippen molar-refractivity contribution in [2.24, 2.45) is 13.0 Å². The molecule has 0 spiro atoms. The number of aromatic nitrogens is 5. The fraction of sp³-hybridized carbons (Fsp3) is 0.500. The number of ketones is 1. The van der Waals surface area contributed by atoms with Crippen LogP contribution in [0.3, 0.4) is 0 Å². The summed E-state index contributed by atoms with van der Waals surface area (Å²) in [6.07, 6.45) is -0.195. The highest BCUT2D eigenvalue weighted by atomic mass is 19.4. The molecule has 1 fully saturated rings. The lowest BCUT2D eigenvalue weighted by molar-refractivity contribution is -0.139. The normalized spacial score (nSPS) is 16.0. The first-order valence-corrected chi connectivity index (χ1v) is 10.6. The van der Waals surface area contributed by atoms with E-state index in [0.717, 1.165) is 22.3 Å². The van der Waals surface area contributed by atoms with Crippen LogP contribution in [0.25, 0.3) is 22.3 Å². The first-order chi connectivity index (χ1) is 15.2. The van der Waals surface area contributed by atoms with E-state index in [2.05, 4.69) is 20.2 Å². The first-order valence-electron chi connectivity index (χ1n) is 10.6. The van der Waals surface area contributed by atoms with Crippen LogP contribution in [0.5, 0.6) is 0 Å². The van der Waals surface area contributed by atoms with E-state index in [4.69, 9.17) is 0 Å². The van der Waals surface area contributed by atoms with Crippen LogP contribution in [-0.4, -0.2) is 61.2 Å². The van der Waals surface area contributed by atoms with E-state index in [-0.39, 0.29) is 24.7 Å². The first kappa shape index (κ1) is 22.3. The number of hydrogen-bond donors (Lipinski definition) is 0. The fourth-order valence-corrected chi connectivity index (χ4v) is 4.04. The van der Waals surface area contributed by atoms with E-state index in [9.17, 15) is 18.0 Å². The minimum absolute atomic E-state index is 0.00296. The number of Topliss-reactive ketones (excluding diaryl/α,β-unsaturated/α-hetero) is 1. The summed E-state index contributed by atoms with van der Waals surface area (Å²) in [6.45, 7) is 2.90. The predicted octanol–water partition coefficient (Wildman–Crippen LogP) is 3.51. The molecule has 0 aromatic carbocycles. The molecule has 0 amide bonds. The number of hydrogen-bond acceptors (Lipinski definition) is 6. The molecule has 3 aromatic rings. The molecule has 32 heavy (non-hydrogen) atoms. The van der Waals surface area contributed by atoms with Gasteiger partial charge in [0.05, 0.1) is 18.1 Å². The fourth-order valence-electron chi connectivity index (χ4n) is 4.04. The topological polar surface area (TPSA) is 76.8 Å². The minimum Gasteiger partial charge on any atom is -0.314 e. The number of nitrogens with zero attached hydrogens (tertiary/aromatic N) is 6. The van der Waals surface area contributed by atoms with Crippen LogP contribution < -0.4 is 0 Å². The zero-order chi connectivity index (χ0) is 22.9. The van der Waals surface area contributed by atoms with Gasteiger partial charge in [0, 0.05) is 48.8 Å². The lowest BCUT2D eigenvalue weighted by atomic mass is 9.90. The molecular weight excluding hydrogens is 421 g/mol. The molecule has 7 nitrogen and oxygen atoms in total. The van der Waals surface area contributed by atoms with Crippen molar-refractivity contribution in [1.29, 1.82) is 0 Å². The van der Waals surface area contributed by atoms with E-state index >= 15 is 0 Å². The minimum atomic E-state index is -4.14. The number of piperidine rings is 1. The van der Waals surface area contributed by atoms with Gasteiger partial charge in [-0.3, -0.25) is 14.8 Å². The second kappa shape index (κ2) is 8.93. The molecule has 10 heteroatoms. The van der Waals surface area contributed by atoms with Gasteiger partial charge in [-0.2, -0.15) is 13.2 Å². The van der Waals surface area contributed by atoms with Crippen molar-refractivity contribution in [3.05, 3.63) is 36.0 Å². The highest BCUT2D eigenvalue weighted by Crippen LogP contribution is 2.25. The second-order valence-corrected chi connectivity index (χ2v) is 8.35. The van der Waals surface area contributed by atoms with Crippen LogP contribution in [0.2, 0.25) is 0 Å². The molecule has 1 saturated heterocycles. The summed E-state index contributed by atoms with van der Waals surface area (Å²) in [5.74, 6) is 1.45. The third-order valence-electron chi connectivity index (χ3n) is 6.08. The Bertz CT molecular complexity index is 1120. The molecule has 1 aliphatic rings. The summed E-state index contributed by atoms with van der Waals surface area (Å²) >= 11 is 0. The zero-order valence-electron chi connectivity index (χ0n) is 18.1. The highest BCUT2D eigenvalue weighted by molar-refractivity contribution is 5.86. The summed E-state index contributed by atoms with van der Waals surface area (Å²) in [4.78, 5) is 23.4. The van der Waals surface area contributed by atoms with Crippen LogP contribution in [0.15, 0.2) is 24.5 Å². The van der Waals surface area contributed by atoms with E-state index in [1.807, 2.05) is 30.7 Å². The van der Waals surface area contributed by atoms with Gasteiger partial charge in [-0.15, -0.1) is 10.2 Å². The van der Waals surface area contributed by atoms with Crippen LogP contribution in [0.4, 0.5) is 13.2 Å². The van der Waals surface area contributed by atoms with Crippen molar-refractivity contribution in [3.8, 4) is 11.4 Å². The lowest BCUT2D eigenvalue weighted by Crippen LogP contribution is -2.38. The predicted molar refractivity (Wildman–Crippen MR) is 113 cm³/mol. The standard InChI is InChI=1S/C22H25F3N6O/c1-14-28-29-21(30(14)2)17-9-16-10-18(26-13-19(16)27-12-17)11-20(32)15-3-6-31(7-4-15)8-5-22(23,24)25/h9-10,12-13,15H,3-8,11H2,1-2H3. The monoisotopic (exact) mass is 446 g/mol. The summed E-state index contributed by atoms with van der Waals surface area (Å²) in [5, 5.41) is 9.14. The Hall–Kier alpha value is -2.88. The van der Waals surface area contributed by atoms with Crippen molar-refractivity contribution in [3.63, 3.8) is 0 Å². The number of carbonyl (C=O) groups is 1. The largest absolute Gasteiger partial charge is 0.390 e. The van der Waals surface area contributed by atoms with Gasteiger partial charge < -0.3 is 9.47 Å². The number of likely N-dealkylation sites (tertiary alicyclic amines) is 1. The SMILES string of the molecule is Cc1nnc(-c2cnc3cnc(CC(=O)C4CCN(CCC(F)(F)F)CC4)cc3c2)n1C. The van der Waals surface area contributed by atoms with Crippen molar-refractivity contribution in [1.82, 2.24) is 29.6 Å². The van der Waals surface area contributed by atoms with Crippen molar-refractivity contribution >= 4 is 16.7 Å². The molecular formula is C22H25F3N6O. The van der Waals surface area contributed by atoms with Crippen molar-refractivity contribution in [2.45, 2.75) is 38.8 Å². The van der Waals surface area contributed by atoms with Crippen LogP contribution in [0, 0.1) is 12.8 Å². The molecule has 0 N–H and O–H groups in total. The average molecular weight is 446 g/mol. The third-order valence-corrected chi connectivity index (χ3v) is 6.08. The zero-order valence-corrected chi connectivity index (χ0v) is 18.1. The maximum absolute atomic E-state index is 12.8. The molecule has 170 valence electrons. The van der Waals surface area contributed by atoms with E-state index in [1.165, 1.54) is 0 Å². The Kier molecular flexibility index (Phi) is 6.23. The Morgan fingerprint density at radius 2 is 1.88 bits per heavy atom. The molecule has 0 saturated carbocycles. The Labute approximate surface area is 183 Å². The molecule has 0 radical (unpaired) electrons. The van der Waals surface area contributed by atoms with Gasteiger partial charge in [-0.05, 0) is 45.0 Å². The van der Waals surface area contributed by atoms with Crippen LogP contribution in [0.1, 0.15) is 30.8 Å². The van der Waals surface area contributed by atoms with Crippen molar-refractivity contribution < 1.29 is 18.0 Å². The lowest BCUT2D eigenvalue weighted by Gasteiger charge is -2.31. The van der Waals surface area contributed by atoms with Gasteiger partial charge in [-0.1, -0.05) is 0 Å². The third kappa shape index (κ3) is 5.12. The van der Waals surface area contributed by atoms with Crippen molar-refractivity contribution in [2.75, 3.05) is 19.6 Å². The van der Waals surface area contributed by atoms with Gasteiger partial charge in [0.2, 0.25) is 0 Å². The van der Waals surface area contributed by atoms with E-state index in [1.54, 1.807) is 17.3 Å². The molecule has 0 atom stereocenters. The summed E-state index contributed by atoms with van der Waals surface area (Å²) in [7, 11) is 1.89. The van der Waals surface area contributed by atoms with Gasteiger partial charge in [0.1, 0.15) is 11.6 Å². The number of pyridine rings is 2. The van der Waals surface area contributed by atoms with Gasteiger partial charge in [0.25, 0.3) is 0 Å². The highest BCUT2D eigenvalue weighted by Gasteiger charge is 2.30. The quantitative estimate of drug-likeness (QED) is 0.577. The smallest absolute Gasteiger partial charge is 0.314 e. The number of fused-ring (bicyclic) bond motifs is 1. The van der Waals surface area contributed by atoms with Gasteiger partial charge in [0.15, 0.2) is 5.82 Å². The van der Waals surface area contributed by atoms with Crippen LogP contribution >= 0.6 is 0 Å². The Balaban J connectivity index is 1.41. The number of aryl methyl sites for hydroxylation is 1. The number of rotatable bonds is 6. The maximum atomic E-state index is 12.8. The summed E-state index contributed by atoms with van der Waals surface area (Å²) in [6, 6.07) is 3.83. The van der Waals surface area contributed by atoms with E-state index in [0.29, 0.717) is 37.4 Å². The molecule has 4 rings (SSSR count). The molecule has 0 bridgehead atoms. The van der Waals surface area contributed by atoms with Crippen LogP contribution in [-0.2, 0) is 18.3 Å².